The lowest BCUT2D eigenvalue weighted by Gasteiger charge is -2.15. The van der Waals surface area contributed by atoms with Crippen LogP contribution in [-0.4, -0.2) is 18.9 Å². The molecule has 11 rings (SSSR count). The van der Waals surface area contributed by atoms with Crippen molar-refractivity contribution in [2.24, 2.45) is 0 Å². The molecule has 58 heavy (non-hydrogen) atoms. The van der Waals surface area contributed by atoms with E-state index in [2.05, 4.69) is 203 Å². The molecule has 0 aliphatic carbocycles. The average molecular weight is 741 g/mol. The van der Waals surface area contributed by atoms with Gasteiger partial charge in [-0.3, -0.25) is 8.97 Å². The Morgan fingerprint density at radius 2 is 0.983 bits per heavy atom. The van der Waals surface area contributed by atoms with E-state index in [1.165, 1.54) is 21.9 Å². The molecule has 0 amide bonds. The Labute approximate surface area is 336 Å². The summed E-state index contributed by atoms with van der Waals surface area (Å²) in [4.78, 5) is 10.1. The van der Waals surface area contributed by atoms with Gasteiger partial charge in [-0.25, -0.2) is 9.97 Å². The number of pyridine rings is 1. The van der Waals surface area contributed by atoms with Gasteiger partial charge < -0.3 is 0 Å². The van der Waals surface area contributed by atoms with Gasteiger partial charge in [-0.15, -0.1) is 0 Å². The molecule has 4 heteroatoms. The van der Waals surface area contributed by atoms with E-state index in [0.717, 1.165) is 78.5 Å². The summed E-state index contributed by atoms with van der Waals surface area (Å²) in [5.74, 6) is 0.929. The molecule has 3 aromatic heterocycles. The maximum absolute atomic E-state index is 5.07. The molecule has 0 fully saturated rings. The first-order valence-electron chi connectivity index (χ1n) is 19.7. The van der Waals surface area contributed by atoms with Gasteiger partial charge in [-0.1, -0.05) is 158 Å². The average Bonchev–Trinajstić information content (AvgIpc) is 3.89. The largest absolute Gasteiger partial charge is 0.299 e. The smallest absolute Gasteiger partial charge is 0.145 e. The fraction of sp³-hybridized carbons (Fsp3) is 0. The van der Waals surface area contributed by atoms with Gasteiger partial charge in [0.15, 0.2) is 0 Å². The van der Waals surface area contributed by atoms with E-state index in [9.17, 15) is 0 Å². The molecule has 11 aromatic rings. The van der Waals surface area contributed by atoms with E-state index in [4.69, 9.17) is 9.97 Å². The third-order valence-corrected chi connectivity index (χ3v) is 11.2. The molecular formula is C54H36N4. The highest BCUT2D eigenvalue weighted by Gasteiger charge is 2.18. The fourth-order valence-electron chi connectivity index (χ4n) is 8.35. The van der Waals surface area contributed by atoms with Gasteiger partial charge in [0.2, 0.25) is 0 Å². The summed E-state index contributed by atoms with van der Waals surface area (Å²) in [6, 6.07) is 75.5. The third-order valence-electron chi connectivity index (χ3n) is 11.2. The zero-order valence-electron chi connectivity index (χ0n) is 31.6. The Bertz CT molecular complexity index is 3060. The van der Waals surface area contributed by atoms with Crippen LogP contribution in [0.15, 0.2) is 219 Å². The maximum Gasteiger partial charge on any atom is 0.145 e. The molecule has 0 saturated heterocycles. The normalized spacial score (nSPS) is 11.4. The minimum Gasteiger partial charge on any atom is -0.299 e. The van der Waals surface area contributed by atoms with Crippen LogP contribution in [0.25, 0.3) is 100 Å². The summed E-state index contributed by atoms with van der Waals surface area (Å²) < 4.78 is 4.45. The van der Waals surface area contributed by atoms with Crippen LogP contribution < -0.4 is 0 Å². The molecule has 4 nitrogen and oxygen atoms in total. The molecule has 0 aliphatic heterocycles. The van der Waals surface area contributed by atoms with E-state index in [1.807, 2.05) is 24.3 Å². The number of benzene rings is 8. The van der Waals surface area contributed by atoms with Gasteiger partial charge in [0, 0.05) is 28.6 Å². The fourth-order valence-corrected chi connectivity index (χ4v) is 8.35. The SMILES string of the molecule is c1ccc(-c2nc3ccccn3c2-c2ccc(-c3cc(-c4ccc(-n5c(-c6ccccc6)nc6ccccc65)cc4)cc(-c4cccc5ccccc45)c3)cc2)cc1. The van der Waals surface area contributed by atoms with Crippen molar-refractivity contribution < 1.29 is 0 Å². The molecule has 272 valence electrons. The Morgan fingerprint density at radius 1 is 0.379 bits per heavy atom. The molecule has 0 saturated carbocycles. The number of hydrogen-bond donors (Lipinski definition) is 0. The summed E-state index contributed by atoms with van der Waals surface area (Å²) in [7, 11) is 0. The lowest BCUT2D eigenvalue weighted by molar-refractivity contribution is 1.10. The Balaban J connectivity index is 1.04. The van der Waals surface area contributed by atoms with Crippen molar-refractivity contribution in [3.8, 4) is 73.0 Å². The Morgan fingerprint density at radius 3 is 1.76 bits per heavy atom. The summed E-state index contributed by atoms with van der Waals surface area (Å²) in [6.07, 6.45) is 2.10. The monoisotopic (exact) mass is 740 g/mol. The number of rotatable bonds is 7. The lowest BCUT2D eigenvalue weighted by Crippen LogP contribution is -1.97. The van der Waals surface area contributed by atoms with Crippen LogP contribution >= 0.6 is 0 Å². The first kappa shape index (κ1) is 33.5. The van der Waals surface area contributed by atoms with Crippen LogP contribution in [0.3, 0.4) is 0 Å². The van der Waals surface area contributed by atoms with Crippen molar-refractivity contribution in [1.29, 1.82) is 0 Å². The van der Waals surface area contributed by atoms with Crippen molar-refractivity contribution in [2.75, 3.05) is 0 Å². The Hall–Kier alpha value is -7.82. The highest BCUT2D eigenvalue weighted by Crippen LogP contribution is 2.39. The first-order valence-corrected chi connectivity index (χ1v) is 19.7. The van der Waals surface area contributed by atoms with E-state index in [-0.39, 0.29) is 0 Å². The van der Waals surface area contributed by atoms with Gasteiger partial charge in [0.1, 0.15) is 11.5 Å². The molecule has 0 unspecified atom stereocenters. The van der Waals surface area contributed by atoms with Crippen molar-refractivity contribution in [3.63, 3.8) is 0 Å². The zero-order chi connectivity index (χ0) is 38.4. The lowest BCUT2D eigenvalue weighted by atomic mass is 9.91. The van der Waals surface area contributed by atoms with Crippen LogP contribution in [0, 0.1) is 0 Å². The van der Waals surface area contributed by atoms with E-state index in [0.29, 0.717) is 0 Å². The van der Waals surface area contributed by atoms with Crippen molar-refractivity contribution in [3.05, 3.63) is 219 Å². The predicted octanol–water partition coefficient (Wildman–Crippen LogP) is 13.8. The summed E-state index contributed by atoms with van der Waals surface area (Å²) in [6.45, 7) is 0. The second-order valence-electron chi connectivity index (χ2n) is 14.7. The van der Waals surface area contributed by atoms with E-state index < -0.39 is 0 Å². The summed E-state index contributed by atoms with van der Waals surface area (Å²) in [5, 5.41) is 2.46. The zero-order valence-corrected chi connectivity index (χ0v) is 31.6. The molecule has 0 N–H and O–H groups in total. The highest BCUT2D eigenvalue weighted by atomic mass is 15.1. The van der Waals surface area contributed by atoms with Crippen LogP contribution in [0.5, 0.6) is 0 Å². The molecule has 0 aliphatic rings. The van der Waals surface area contributed by atoms with E-state index >= 15 is 0 Å². The number of nitrogens with zero attached hydrogens (tertiary/aromatic N) is 4. The standard InChI is InChI=1S/C54H36N4/c1-3-15-40(16-4-1)52-53(57-33-12-11-24-51(57)56-52)41-27-25-37(26-28-41)43-34-44(36-45(35-43)48-21-13-19-39-14-7-8-20-47(39)48)38-29-31-46(32-30-38)58-50-23-10-9-22-49(50)55-54(58)42-17-5-2-6-18-42/h1-36H. The number of para-hydroxylation sites is 2. The molecule has 0 atom stereocenters. The third kappa shape index (κ3) is 5.87. The van der Waals surface area contributed by atoms with Gasteiger partial charge in [-0.05, 0) is 98.8 Å². The number of hydrogen-bond acceptors (Lipinski definition) is 2. The second kappa shape index (κ2) is 14.0. The number of fused-ring (bicyclic) bond motifs is 3. The summed E-state index contributed by atoms with van der Waals surface area (Å²) >= 11 is 0. The highest BCUT2D eigenvalue weighted by molar-refractivity contribution is 5.98. The van der Waals surface area contributed by atoms with Crippen LogP contribution in [0.4, 0.5) is 0 Å². The molecule has 0 spiro atoms. The van der Waals surface area contributed by atoms with E-state index in [1.54, 1.807) is 0 Å². The number of imidazole rings is 2. The topological polar surface area (TPSA) is 35.1 Å². The molecule has 0 bridgehead atoms. The molecule has 0 radical (unpaired) electrons. The van der Waals surface area contributed by atoms with Crippen molar-refractivity contribution in [2.45, 2.75) is 0 Å². The molecular weight excluding hydrogens is 705 g/mol. The first-order chi connectivity index (χ1) is 28.7. The quantitative estimate of drug-likeness (QED) is 0.163. The van der Waals surface area contributed by atoms with Crippen LogP contribution in [-0.2, 0) is 0 Å². The van der Waals surface area contributed by atoms with Gasteiger partial charge in [0.05, 0.1) is 22.4 Å². The predicted molar refractivity (Wildman–Crippen MR) is 240 cm³/mol. The Kier molecular flexibility index (Phi) is 8.11. The van der Waals surface area contributed by atoms with Crippen LogP contribution in [0.2, 0.25) is 0 Å². The minimum absolute atomic E-state index is 0.927. The van der Waals surface area contributed by atoms with Gasteiger partial charge >= 0.3 is 0 Å². The van der Waals surface area contributed by atoms with Gasteiger partial charge in [0.25, 0.3) is 0 Å². The van der Waals surface area contributed by atoms with Gasteiger partial charge in [-0.2, -0.15) is 0 Å². The second-order valence-corrected chi connectivity index (χ2v) is 14.7. The number of aromatic nitrogens is 4. The van der Waals surface area contributed by atoms with Crippen LogP contribution in [0.1, 0.15) is 0 Å². The summed E-state index contributed by atoms with van der Waals surface area (Å²) in [5.41, 5.74) is 16.4. The minimum atomic E-state index is 0.927. The maximum atomic E-state index is 5.07. The van der Waals surface area contributed by atoms with Crippen molar-refractivity contribution >= 4 is 27.5 Å². The molecule has 8 aromatic carbocycles. The molecule has 3 heterocycles. The van der Waals surface area contributed by atoms with Crippen molar-refractivity contribution in [1.82, 2.24) is 18.9 Å².